The lowest BCUT2D eigenvalue weighted by atomic mass is 9.84. The Morgan fingerprint density at radius 3 is 2.58 bits per heavy atom. The summed E-state index contributed by atoms with van der Waals surface area (Å²) in [7, 11) is 0. The number of nitrogens with one attached hydrogen (secondary N) is 2. The van der Waals surface area contributed by atoms with Crippen molar-refractivity contribution in [3.05, 3.63) is 0 Å². The van der Waals surface area contributed by atoms with Gasteiger partial charge in [0.25, 0.3) is 0 Å². The second-order valence-corrected chi connectivity index (χ2v) is 5.96. The molecule has 0 aliphatic heterocycles. The van der Waals surface area contributed by atoms with Crippen LogP contribution < -0.4 is 16.4 Å². The van der Waals surface area contributed by atoms with Crippen LogP contribution in [0.15, 0.2) is 0 Å². The van der Waals surface area contributed by atoms with E-state index in [0.29, 0.717) is 18.4 Å². The van der Waals surface area contributed by atoms with E-state index < -0.39 is 6.04 Å². The van der Waals surface area contributed by atoms with Crippen molar-refractivity contribution in [3.63, 3.8) is 0 Å². The molecule has 0 spiro atoms. The molecule has 2 rings (SSSR count). The third kappa shape index (κ3) is 2.91. The molecule has 5 heteroatoms. The molecule has 108 valence electrons. The van der Waals surface area contributed by atoms with Crippen LogP contribution in [0, 0.1) is 17.8 Å². The summed E-state index contributed by atoms with van der Waals surface area (Å²) < 4.78 is 0. The van der Waals surface area contributed by atoms with Gasteiger partial charge in [-0.15, -0.1) is 0 Å². The number of hydrogen-bond acceptors (Lipinski definition) is 3. The molecule has 2 aliphatic carbocycles. The zero-order valence-electron chi connectivity index (χ0n) is 11.8. The Bertz CT molecular complexity index is 357. The molecule has 2 amide bonds. The second-order valence-electron chi connectivity index (χ2n) is 5.96. The van der Waals surface area contributed by atoms with Gasteiger partial charge in [0, 0.05) is 12.6 Å². The topological polar surface area (TPSA) is 84.2 Å². The monoisotopic (exact) mass is 267 g/mol. The fourth-order valence-corrected chi connectivity index (χ4v) is 3.50. The van der Waals surface area contributed by atoms with E-state index in [1.165, 1.54) is 0 Å². The first-order valence-corrected chi connectivity index (χ1v) is 7.38. The van der Waals surface area contributed by atoms with E-state index in [9.17, 15) is 9.59 Å². The minimum Gasteiger partial charge on any atom is -0.354 e. The Hall–Kier alpha value is -1.10. The van der Waals surface area contributed by atoms with Gasteiger partial charge >= 0.3 is 0 Å². The summed E-state index contributed by atoms with van der Waals surface area (Å²) in [6, 6.07) is -0.505. The smallest absolute Gasteiger partial charge is 0.242 e. The molecule has 0 aromatic heterocycles. The van der Waals surface area contributed by atoms with Crippen LogP contribution in [0.1, 0.15) is 39.5 Å². The highest BCUT2D eigenvalue weighted by Crippen LogP contribution is 2.47. The molecule has 4 N–H and O–H groups in total. The van der Waals surface area contributed by atoms with Gasteiger partial charge in [0.2, 0.25) is 11.8 Å². The van der Waals surface area contributed by atoms with Crippen LogP contribution in [0.4, 0.5) is 0 Å². The Labute approximate surface area is 114 Å². The van der Waals surface area contributed by atoms with Crippen molar-refractivity contribution in [2.75, 3.05) is 6.54 Å². The maximum atomic E-state index is 12.3. The van der Waals surface area contributed by atoms with Crippen molar-refractivity contribution < 1.29 is 9.59 Å². The minimum atomic E-state index is -0.481. The van der Waals surface area contributed by atoms with Crippen molar-refractivity contribution in [1.29, 1.82) is 0 Å². The first-order valence-electron chi connectivity index (χ1n) is 7.38. The summed E-state index contributed by atoms with van der Waals surface area (Å²) in [4.78, 5) is 24.0. The fraction of sp³-hybridized carbons (Fsp3) is 0.857. The first-order chi connectivity index (χ1) is 9.04. The molecule has 2 aliphatic rings. The number of hydrogen-bond donors (Lipinski definition) is 3. The normalized spacial score (nSPS) is 34.1. The maximum Gasteiger partial charge on any atom is 0.242 e. The van der Waals surface area contributed by atoms with E-state index in [4.69, 9.17) is 5.73 Å². The average Bonchev–Trinajstić information content (AvgIpc) is 2.96. The van der Waals surface area contributed by atoms with Crippen LogP contribution in [0.5, 0.6) is 0 Å². The lowest BCUT2D eigenvalue weighted by Crippen LogP contribution is -2.51. The maximum absolute atomic E-state index is 12.3. The Balaban J connectivity index is 1.85. The first kappa shape index (κ1) is 14.3. The molecule has 2 bridgehead atoms. The molecule has 19 heavy (non-hydrogen) atoms. The van der Waals surface area contributed by atoms with Gasteiger partial charge in [-0.2, -0.15) is 0 Å². The molecule has 0 saturated heterocycles. The highest BCUT2D eigenvalue weighted by Gasteiger charge is 2.49. The SMILES string of the molecule is CCCNC(=O)C(C)NC(=O)C1C2CCC(C2)C1N. The van der Waals surface area contributed by atoms with E-state index in [0.717, 1.165) is 25.7 Å². The third-order valence-electron chi connectivity index (χ3n) is 4.58. The number of amides is 2. The molecule has 5 unspecified atom stereocenters. The molecule has 5 nitrogen and oxygen atoms in total. The Kier molecular flexibility index (Phi) is 4.45. The zero-order chi connectivity index (χ0) is 14.0. The lowest BCUT2D eigenvalue weighted by Gasteiger charge is -2.28. The molecule has 2 fully saturated rings. The van der Waals surface area contributed by atoms with Gasteiger partial charge in [0.05, 0.1) is 5.92 Å². The van der Waals surface area contributed by atoms with Gasteiger partial charge in [-0.1, -0.05) is 6.92 Å². The minimum absolute atomic E-state index is 0.0235. The van der Waals surface area contributed by atoms with Crippen molar-refractivity contribution in [2.24, 2.45) is 23.5 Å². The average molecular weight is 267 g/mol. The van der Waals surface area contributed by atoms with E-state index in [2.05, 4.69) is 10.6 Å². The van der Waals surface area contributed by atoms with Crippen LogP contribution in [-0.2, 0) is 9.59 Å². The van der Waals surface area contributed by atoms with E-state index in [1.807, 2.05) is 6.92 Å². The third-order valence-corrected chi connectivity index (χ3v) is 4.58. The van der Waals surface area contributed by atoms with E-state index in [1.54, 1.807) is 6.92 Å². The van der Waals surface area contributed by atoms with Crippen molar-refractivity contribution in [3.8, 4) is 0 Å². The Morgan fingerprint density at radius 1 is 1.32 bits per heavy atom. The van der Waals surface area contributed by atoms with Crippen LogP contribution >= 0.6 is 0 Å². The van der Waals surface area contributed by atoms with Gasteiger partial charge in [-0.05, 0) is 44.4 Å². The van der Waals surface area contributed by atoms with Crippen molar-refractivity contribution in [2.45, 2.75) is 51.6 Å². The fourth-order valence-electron chi connectivity index (χ4n) is 3.50. The predicted molar refractivity (Wildman–Crippen MR) is 73.2 cm³/mol. The standard InChI is InChI=1S/C14H25N3O2/c1-3-6-16-13(18)8(2)17-14(19)11-9-4-5-10(7-9)12(11)15/h8-12H,3-7,15H2,1-2H3,(H,16,18)(H,17,19). The second kappa shape index (κ2) is 5.90. The Morgan fingerprint density at radius 2 is 2.00 bits per heavy atom. The highest BCUT2D eigenvalue weighted by molar-refractivity contribution is 5.88. The highest BCUT2D eigenvalue weighted by atomic mass is 16.2. The summed E-state index contributed by atoms with van der Waals surface area (Å²) in [6.45, 7) is 4.37. The molecular formula is C14H25N3O2. The molecule has 5 atom stereocenters. The summed E-state index contributed by atoms with van der Waals surface area (Å²) in [5.74, 6) is 0.668. The number of fused-ring (bicyclic) bond motifs is 2. The zero-order valence-corrected chi connectivity index (χ0v) is 11.8. The van der Waals surface area contributed by atoms with Gasteiger partial charge in [-0.3, -0.25) is 9.59 Å². The van der Waals surface area contributed by atoms with Crippen molar-refractivity contribution in [1.82, 2.24) is 10.6 Å². The lowest BCUT2D eigenvalue weighted by molar-refractivity contribution is -0.132. The summed E-state index contributed by atoms with van der Waals surface area (Å²) in [5, 5.41) is 5.60. The molecule has 2 saturated carbocycles. The van der Waals surface area contributed by atoms with Crippen LogP contribution in [-0.4, -0.2) is 30.4 Å². The summed E-state index contributed by atoms with van der Waals surface area (Å²) in [6.07, 6.45) is 4.23. The summed E-state index contributed by atoms with van der Waals surface area (Å²) >= 11 is 0. The van der Waals surface area contributed by atoms with Gasteiger partial charge in [-0.25, -0.2) is 0 Å². The van der Waals surface area contributed by atoms with Crippen LogP contribution in [0.2, 0.25) is 0 Å². The van der Waals surface area contributed by atoms with Gasteiger partial charge in [0.1, 0.15) is 6.04 Å². The van der Waals surface area contributed by atoms with E-state index >= 15 is 0 Å². The van der Waals surface area contributed by atoms with Gasteiger partial charge in [0.15, 0.2) is 0 Å². The number of carbonyl (C=O) groups is 2. The molecule has 0 radical (unpaired) electrons. The number of carbonyl (C=O) groups excluding carboxylic acids is 2. The number of rotatable bonds is 5. The summed E-state index contributed by atoms with van der Waals surface area (Å²) in [5.41, 5.74) is 6.14. The van der Waals surface area contributed by atoms with Crippen LogP contribution in [0.3, 0.4) is 0 Å². The van der Waals surface area contributed by atoms with Crippen LogP contribution in [0.25, 0.3) is 0 Å². The van der Waals surface area contributed by atoms with E-state index in [-0.39, 0.29) is 23.8 Å². The molecule has 0 aromatic rings. The molecule has 0 heterocycles. The molecular weight excluding hydrogens is 242 g/mol. The molecule has 0 aromatic carbocycles. The quantitative estimate of drug-likeness (QED) is 0.674. The number of nitrogens with two attached hydrogens (primary N) is 1. The largest absolute Gasteiger partial charge is 0.354 e. The van der Waals surface area contributed by atoms with Crippen molar-refractivity contribution >= 4 is 11.8 Å². The predicted octanol–water partition coefficient (Wildman–Crippen LogP) is 0.391. The van der Waals surface area contributed by atoms with Gasteiger partial charge < -0.3 is 16.4 Å².